The minimum absolute atomic E-state index is 0.0420. The van der Waals surface area contributed by atoms with Crippen molar-refractivity contribution in [1.29, 1.82) is 10.7 Å². The van der Waals surface area contributed by atoms with Crippen LogP contribution in [0, 0.1) is 16.7 Å². The Hall–Kier alpha value is -4.41. The Morgan fingerprint density at radius 1 is 1.24 bits per heavy atom. The highest BCUT2D eigenvalue weighted by Gasteiger charge is 2.44. The maximum atomic E-state index is 13.4. The van der Waals surface area contributed by atoms with E-state index in [0.717, 1.165) is 23.1 Å². The molecule has 194 valence electrons. The average molecular weight is 517 g/mol. The molecule has 1 heterocycles. The third-order valence-corrected chi connectivity index (χ3v) is 5.56. The third kappa shape index (κ3) is 5.55. The first-order valence-electron chi connectivity index (χ1n) is 10.7. The van der Waals surface area contributed by atoms with Crippen molar-refractivity contribution in [3.05, 3.63) is 76.5 Å². The number of hydrogen-bond donors (Lipinski definition) is 4. The molecular formula is C24H22F3N5O5. The lowest BCUT2D eigenvalue weighted by Crippen LogP contribution is -2.55. The molecule has 10 nitrogen and oxygen atoms in total. The molecular weight excluding hydrogens is 495 g/mol. The number of aliphatic hydroxyl groups excluding tert-OH is 2. The number of amides is 2. The van der Waals surface area contributed by atoms with Gasteiger partial charge in [0.25, 0.3) is 0 Å². The smallest absolute Gasteiger partial charge is 0.416 e. The number of allylic oxidation sites excluding steroid dienone is 1. The number of urea groups is 1. The zero-order chi connectivity index (χ0) is 27.5. The summed E-state index contributed by atoms with van der Waals surface area (Å²) in [5.74, 6) is -1.71. The van der Waals surface area contributed by atoms with Crippen LogP contribution in [0.5, 0.6) is 0 Å². The lowest BCUT2D eigenvalue weighted by Gasteiger charge is -2.43. The molecule has 2 aromatic carbocycles. The lowest BCUT2D eigenvalue weighted by molar-refractivity contribution is -0.143. The van der Waals surface area contributed by atoms with E-state index in [9.17, 15) is 27.9 Å². The minimum atomic E-state index is -4.71. The minimum Gasteiger partial charge on any atom is -0.459 e. The molecule has 13 heteroatoms. The number of anilines is 1. The van der Waals surface area contributed by atoms with Crippen LogP contribution in [-0.2, 0) is 15.7 Å². The Morgan fingerprint density at radius 3 is 2.43 bits per heavy atom. The number of rotatable bonds is 6. The van der Waals surface area contributed by atoms with Gasteiger partial charge in [0.2, 0.25) is 5.96 Å². The number of nitriles is 1. The Balaban J connectivity index is 2.25. The molecule has 1 aliphatic heterocycles. The number of esters is 1. The van der Waals surface area contributed by atoms with E-state index in [0.29, 0.717) is 4.90 Å². The van der Waals surface area contributed by atoms with E-state index in [1.54, 1.807) is 0 Å². The van der Waals surface area contributed by atoms with E-state index in [-0.39, 0.29) is 28.1 Å². The predicted octanol–water partition coefficient (Wildman–Crippen LogP) is 2.62. The van der Waals surface area contributed by atoms with Crippen LogP contribution in [0.4, 0.5) is 23.7 Å². The van der Waals surface area contributed by atoms with Gasteiger partial charge in [-0.25, -0.2) is 9.59 Å². The van der Waals surface area contributed by atoms with E-state index in [2.05, 4.69) is 0 Å². The largest absolute Gasteiger partial charge is 0.459 e. The van der Waals surface area contributed by atoms with Crippen molar-refractivity contribution >= 4 is 23.6 Å². The maximum absolute atomic E-state index is 13.4. The van der Waals surface area contributed by atoms with Crippen LogP contribution in [0.25, 0.3) is 0 Å². The van der Waals surface area contributed by atoms with E-state index < -0.39 is 55.1 Å². The highest BCUT2D eigenvalue weighted by molar-refractivity contribution is 6.10. The van der Waals surface area contributed by atoms with E-state index in [1.165, 1.54) is 37.3 Å². The number of ether oxygens (including phenoxy) is 1. The molecule has 0 aliphatic carbocycles. The van der Waals surface area contributed by atoms with Crippen molar-refractivity contribution in [3.8, 4) is 6.07 Å². The first-order chi connectivity index (χ1) is 17.4. The molecule has 2 atom stereocenters. The summed E-state index contributed by atoms with van der Waals surface area (Å²) in [4.78, 5) is 27.4. The molecule has 3 rings (SSSR count). The number of nitrogens with zero attached hydrogens (tertiary/aromatic N) is 3. The maximum Gasteiger partial charge on any atom is 0.416 e. The summed E-state index contributed by atoms with van der Waals surface area (Å²) >= 11 is 0. The number of nitrogens with one attached hydrogen (secondary N) is 1. The molecule has 0 spiro atoms. The number of carbonyl (C=O) groups is 2. The lowest BCUT2D eigenvalue weighted by atomic mass is 9.92. The van der Waals surface area contributed by atoms with Crippen LogP contribution in [0.15, 0.2) is 59.8 Å². The number of nitrogens with two attached hydrogens (primary N) is 1. The van der Waals surface area contributed by atoms with Crippen molar-refractivity contribution < 1.29 is 37.7 Å². The standard InChI is InChI=1S/C24H22F3N5O5/c1-13-19(21(35)37-12-18(34)11-33)20(15-7-5-14(10-28)6-8-15)32(23(30)36)22(29)31(13)17-4-2-3-16(9-17)24(25,26)27/h2-9,18,20,29,33-34H,11-12H2,1H3,(H2,30,36)/t18?,20-/m1/s1. The van der Waals surface area contributed by atoms with Gasteiger partial charge in [-0.05, 0) is 42.8 Å². The fourth-order valence-electron chi connectivity index (χ4n) is 3.82. The van der Waals surface area contributed by atoms with E-state index in [1.807, 2.05) is 6.07 Å². The van der Waals surface area contributed by atoms with Gasteiger partial charge in [0, 0.05) is 11.4 Å². The summed E-state index contributed by atoms with van der Waals surface area (Å²) in [6.07, 6.45) is -6.12. The average Bonchev–Trinajstić information content (AvgIpc) is 2.86. The van der Waals surface area contributed by atoms with Crippen LogP contribution in [0.1, 0.15) is 29.7 Å². The predicted molar refractivity (Wildman–Crippen MR) is 124 cm³/mol. The summed E-state index contributed by atoms with van der Waals surface area (Å²) in [6, 6.07) is 8.99. The summed E-state index contributed by atoms with van der Waals surface area (Å²) in [6.45, 7) is 0.0193. The van der Waals surface area contributed by atoms with Crippen molar-refractivity contribution in [2.24, 2.45) is 5.73 Å². The number of primary amides is 1. The summed E-state index contributed by atoms with van der Waals surface area (Å²) in [5.41, 5.74) is 4.58. The number of halogens is 3. The quantitative estimate of drug-likeness (QED) is 0.428. The number of benzene rings is 2. The molecule has 1 aliphatic rings. The van der Waals surface area contributed by atoms with E-state index in [4.69, 9.17) is 26.2 Å². The van der Waals surface area contributed by atoms with Gasteiger partial charge in [0.15, 0.2) is 0 Å². The zero-order valence-electron chi connectivity index (χ0n) is 19.4. The topological polar surface area (TPSA) is 164 Å². The molecule has 1 unspecified atom stereocenters. The Bertz CT molecular complexity index is 1290. The molecule has 0 bridgehead atoms. The first kappa shape index (κ1) is 27.2. The molecule has 0 aromatic heterocycles. The van der Waals surface area contributed by atoms with Crippen molar-refractivity contribution in [3.63, 3.8) is 0 Å². The summed E-state index contributed by atoms with van der Waals surface area (Å²) < 4.78 is 45.3. The SMILES string of the molecule is CC1=C(C(=O)OCC(O)CO)[C@@H](c2ccc(C#N)cc2)N(C(N)=O)C(=N)N1c1cccc(C(F)(F)F)c1. The molecule has 0 saturated heterocycles. The molecule has 0 fully saturated rings. The molecule has 0 saturated carbocycles. The third-order valence-electron chi connectivity index (χ3n) is 5.56. The molecule has 37 heavy (non-hydrogen) atoms. The van der Waals surface area contributed by atoms with Gasteiger partial charge < -0.3 is 20.7 Å². The van der Waals surface area contributed by atoms with E-state index >= 15 is 0 Å². The molecule has 5 N–H and O–H groups in total. The van der Waals surface area contributed by atoms with Gasteiger partial charge in [-0.3, -0.25) is 15.2 Å². The van der Waals surface area contributed by atoms with Gasteiger partial charge >= 0.3 is 18.2 Å². The summed E-state index contributed by atoms with van der Waals surface area (Å²) in [5, 5.41) is 36.4. The van der Waals surface area contributed by atoms with Gasteiger partial charge in [-0.2, -0.15) is 18.4 Å². The highest BCUT2D eigenvalue weighted by Crippen LogP contribution is 2.41. The number of alkyl halides is 3. The molecule has 2 aromatic rings. The Labute approximate surface area is 209 Å². The molecule has 2 amide bonds. The van der Waals surface area contributed by atoms with Crippen molar-refractivity contribution in [2.75, 3.05) is 18.1 Å². The Kier molecular flexibility index (Phi) is 7.85. The number of aliphatic hydroxyl groups is 2. The van der Waals surface area contributed by atoms with Crippen LogP contribution in [0.2, 0.25) is 0 Å². The number of hydrogen-bond acceptors (Lipinski definition) is 7. The second kappa shape index (κ2) is 10.7. The first-order valence-corrected chi connectivity index (χ1v) is 10.7. The van der Waals surface area contributed by atoms with Crippen LogP contribution >= 0.6 is 0 Å². The van der Waals surface area contributed by atoms with Gasteiger partial charge in [-0.1, -0.05) is 18.2 Å². The zero-order valence-corrected chi connectivity index (χ0v) is 19.4. The highest BCUT2D eigenvalue weighted by atomic mass is 19.4. The Morgan fingerprint density at radius 2 is 1.89 bits per heavy atom. The summed E-state index contributed by atoms with van der Waals surface area (Å²) in [7, 11) is 0. The normalized spacial score (nSPS) is 16.9. The van der Waals surface area contributed by atoms with Gasteiger partial charge in [-0.15, -0.1) is 0 Å². The molecule has 0 radical (unpaired) electrons. The number of guanidine groups is 1. The second-order valence-electron chi connectivity index (χ2n) is 7.99. The van der Waals surface area contributed by atoms with Crippen LogP contribution in [-0.4, -0.2) is 52.4 Å². The second-order valence-corrected chi connectivity index (χ2v) is 7.99. The van der Waals surface area contributed by atoms with Gasteiger partial charge in [0.05, 0.1) is 29.4 Å². The van der Waals surface area contributed by atoms with Crippen molar-refractivity contribution in [2.45, 2.75) is 25.2 Å². The van der Waals surface area contributed by atoms with Crippen molar-refractivity contribution in [1.82, 2.24) is 4.90 Å². The fraction of sp³-hybridized carbons (Fsp3) is 0.250. The van der Waals surface area contributed by atoms with Gasteiger partial charge in [0.1, 0.15) is 18.8 Å². The fourth-order valence-corrected chi connectivity index (χ4v) is 3.82. The van der Waals surface area contributed by atoms with Crippen LogP contribution < -0.4 is 10.6 Å². The monoisotopic (exact) mass is 517 g/mol. The number of carbonyl (C=O) groups excluding carboxylic acids is 2. The van der Waals surface area contributed by atoms with Crippen LogP contribution in [0.3, 0.4) is 0 Å².